The van der Waals surface area contributed by atoms with Gasteiger partial charge < -0.3 is 9.73 Å². The fourth-order valence-corrected chi connectivity index (χ4v) is 2.25. The van der Waals surface area contributed by atoms with Crippen LogP contribution < -0.4 is 10.9 Å². The van der Waals surface area contributed by atoms with Crippen LogP contribution in [0, 0.1) is 10.1 Å². The van der Waals surface area contributed by atoms with Gasteiger partial charge in [0, 0.05) is 35.3 Å². The van der Waals surface area contributed by atoms with Gasteiger partial charge in [-0.2, -0.15) is 0 Å². The standard InChI is InChI=1S/C18H12N2O5/c21-17(8-4-12-2-1-3-15(10-12)20(23)24)19-14-6-7-16-13(11-14)5-9-18(22)25-16/h1-11H,(H,19,21)/b8-4+. The highest BCUT2D eigenvalue weighted by atomic mass is 16.6. The molecule has 1 N–H and O–H groups in total. The van der Waals surface area contributed by atoms with E-state index in [0.717, 1.165) is 0 Å². The minimum absolute atomic E-state index is 0.0430. The van der Waals surface area contributed by atoms with Crippen molar-refractivity contribution < 1.29 is 14.1 Å². The summed E-state index contributed by atoms with van der Waals surface area (Å²) in [5.41, 5.74) is 1.03. The van der Waals surface area contributed by atoms with Crippen molar-refractivity contribution in [1.82, 2.24) is 0 Å². The summed E-state index contributed by atoms with van der Waals surface area (Å²) < 4.78 is 5.02. The Morgan fingerprint density at radius 1 is 1.12 bits per heavy atom. The quantitative estimate of drug-likeness (QED) is 0.341. The summed E-state index contributed by atoms with van der Waals surface area (Å²) >= 11 is 0. The molecule has 7 nitrogen and oxygen atoms in total. The molecule has 3 rings (SSSR count). The number of amides is 1. The summed E-state index contributed by atoms with van der Waals surface area (Å²) in [5, 5.41) is 14.1. The van der Waals surface area contributed by atoms with Crippen LogP contribution in [0.25, 0.3) is 17.0 Å². The molecule has 7 heteroatoms. The fraction of sp³-hybridized carbons (Fsp3) is 0. The van der Waals surface area contributed by atoms with Crippen LogP contribution >= 0.6 is 0 Å². The number of carbonyl (C=O) groups excluding carboxylic acids is 1. The number of carbonyl (C=O) groups is 1. The molecule has 0 aliphatic rings. The lowest BCUT2D eigenvalue weighted by molar-refractivity contribution is -0.384. The topological polar surface area (TPSA) is 102 Å². The van der Waals surface area contributed by atoms with Gasteiger partial charge in [-0.05, 0) is 35.9 Å². The molecule has 1 aromatic heterocycles. The minimum atomic E-state index is -0.495. The highest BCUT2D eigenvalue weighted by Gasteiger charge is 2.05. The smallest absolute Gasteiger partial charge is 0.336 e. The highest BCUT2D eigenvalue weighted by Crippen LogP contribution is 2.18. The van der Waals surface area contributed by atoms with Gasteiger partial charge in [-0.25, -0.2) is 4.79 Å². The Balaban J connectivity index is 1.74. The Morgan fingerprint density at radius 2 is 1.96 bits per heavy atom. The van der Waals surface area contributed by atoms with Gasteiger partial charge in [0.15, 0.2) is 0 Å². The molecule has 1 heterocycles. The van der Waals surface area contributed by atoms with Crippen molar-refractivity contribution in [1.29, 1.82) is 0 Å². The van der Waals surface area contributed by atoms with Crippen LogP contribution in [0.15, 0.2) is 69.9 Å². The third-order valence-corrected chi connectivity index (χ3v) is 3.40. The Labute approximate surface area is 141 Å². The lowest BCUT2D eigenvalue weighted by Crippen LogP contribution is -2.07. The number of benzene rings is 2. The zero-order valence-electron chi connectivity index (χ0n) is 12.8. The lowest BCUT2D eigenvalue weighted by Gasteiger charge is -2.03. The number of nitrogens with zero attached hydrogens (tertiary/aromatic N) is 1. The van der Waals surface area contributed by atoms with Crippen LogP contribution in [0.2, 0.25) is 0 Å². The van der Waals surface area contributed by atoms with E-state index in [1.54, 1.807) is 36.4 Å². The third-order valence-electron chi connectivity index (χ3n) is 3.40. The average molecular weight is 336 g/mol. The number of fused-ring (bicyclic) bond motifs is 1. The van der Waals surface area contributed by atoms with E-state index >= 15 is 0 Å². The maximum Gasteiger partial charge on any atom is 0.336 e. The van der Waals surface area contributed by atoms with Crippen molar-refractivity contribution >= 4 is 34.3 Å². The number of anilines is 1. The van der Waals surface area contributed by atoms with Crippen LogP contribution in [0.4, 0.5) is 11.4 Å². The number of hydrogen-bond donors (Lipinski definition) is 1. The normalized spacial score (nSPS) is 10.9. The van der Waals surface area contributed by atoms with E-state index in [1.165, 1.54) is 30.4 Å². The Kier molecular flexibility index (Phi) is 4.38. The number of hydrogen-bond acceptors (Lipinski definition) is 5. The summed E-state index contributed by atoms with van der Waals surface area (Å²) in [4.78, 5) is 33.4. The van der Waals surface area contributed by atoms with Gasteiger partial charge in [0.1, 0.15) is 5.58 Å². The minimum Gasteiger partial charge on any atom is -0.423 e. The van der Waals surface area contributed by atoms with E-state index in [1.807, 2.05) is 0 Å². The van der Waals surface area contributed by atoms with Crippen LogP contribution in [0.3, 0.4) is 0 Å². The van der Waals surface area contributed by atoms with Crippen LogP contribution in [0.5, 0.6) is 0 Å². The fourth-order valence-electron chi connectivity index (χ4n) is 2.25. The molecule has 0 aliphatic heterocycles. The Bertz CT molecular complexity index is 1050. The first-order valence-electron chi connectivity index (χ1n) is 7.29. The Hall–Kier alpha value is -3.74. The number of non-ortho nitro benzene ring substituents is 1. The summed E-state index contributed by atoms with van der Waals surface area (Å²) in [6.45, 7) is 0. The molecule has 2 aromatic carbocycles. The molecule has 0 radical (unpaired) electrons. The summed E-state index contributed by atoms with van der Waals surface area (Å²) in [6, 6.07) is 13.8. The van der Waals surface area contributed by atoms with E-state index in [-0.39, 0.29) is 11.6 Å². The van der Waals surface area contributed by atoms with Gasteiger partial charge in [0.05, 0.1) is 4.92 Å². The molecule has 0 saturated carbocycles. The number of nitro benzene ring substituents is 1. The maximum absolute atomic E-state index is 12.0. The molecular weight excluding hydrogens is 324 g/mol. The third kappa shape index (κ3) is 3.97. The van der Waals surface area contributed by atoms with Crippen molar-refractivity contribution in [2.24, 2.45) is 0 Å². The SMILES string of the molecule is O=C(/C=C/c1cccc([N+](=O)[O-])c1)Nc1ccc2oc(=O)ccc2c1. The van der Waals surface area contributed by atoms with Gasteiger partial charge in [-0.3, -0.25) is 14.9 Å². The van der Waals surface area contributed by atoms with E-state index in [4.69, 9.17) is 4.42 Å². The first kappa shape index (κ1) is 16.1. The molecule has 0 aliphatic carbocycles. The lowest BCUT2D eigenvalue weighted by atomic mass is 10.2. The van der Waals surface area contributed by atoms with Crippen molar-refractivity contribution in [2.75, 3.05) is 5.32 Å². The van der Waals surface area contributed by atoms with Gasteiger partial charge in [-0.15, -0.1) is 0 Å². The van der Waals surface area contributed by atoms with E-state index in [0.29, 0.717) is 22.2 Å². The molecular formula is C18H12N2O5. The Morgan fingerprint density at radius 3 is 2.76 bits per heavy atom. The summed E-state index contributed by atoms with van der Waals surface area (Å²) in [6.07, 6.45) is 2.77. The maximum atomic E-state index is 12.0. The predicted octanol–water partition coefficient (Wildman–Crippen LogP) is 3.35. The van der Waals surface area contributed by atoms with Gasteiger partial charge in [0.25, 0.3) is 5.69 Å². The molecule has 1 amide bonds. The van der Waals surface area contributed by atoms with Gasteiger partial charge >= 0.3 is 5.63 Å². The second kappa shape index (κ2) is 6.79. The molecule has 25 heavy (non-hydrogen) atoms. The second-order valence-corrected chi connectivity index (χ2v) is 5.18. The molecule has 0 fully saturated rings. The molecule has 0 spiro atoms. The van der Waals surface area contributed by atoms with Gasteiger partial charge in [-0.1, -0.05) is 12.1 Å². The molecule has 3 aromatic rings. The number of nitro groups is 1. The van der Waals surface area contributed by atoms with Crippen LogP contribution in [-0.2, 0) is 4.79 Å². The predicted molar refractivity (Wildman–Crippen MR) is 93.2 cm³/mol. The van der Waals surface area contributed by atoms with Crippen molar-refractivity contribution in [3.05, 3.63) is 86.8 Å². The van der Waals surface area contributed by atoms with Crippen LogP contribution in [0.1, 0.15) is 5.56 Å². The first-order valence-corrected chi connectivity index (χ1v) is 7.29. The van der Waals surface area contributed by atoms with Crippen molar-refractivity contribution in [2.45, 2.75) is 0 Å². The van der Waals surface area contributed by atoms with Gasteiger partial charge in [0.2, 0.25) is 5.91 Å². The zero-order valence-corrected chi connectivity index (χ0v) is 12.8. The van der Waals surface area contributed by atoms with E-state index in [9.17, 15) is 19.7 Å². The van der Waals surface area contributed by atoms with E-state index in [2.05, 4.69) is 5.32 Å². The molecule has 0 atom stereocenters. The molecule has 124 valence electrons. The largest absolute Gasteiger partial charge is 0.423 e. The molecule has 0 bridgehead atoms. The van der Waals surface area contributed by atoms with Crippen LogP contribution in [-0.4, -0.2) is 10.8 Å². The first-order chi connectivity index (χ1) is 12.0. The van der Waals surface area contributed by atoms with Crippen molar-refractivity contribution in [3.63, 3.8) is 0 Å². The monoisotopic (exact) mass is 336 g/mol. The number of nitrogens with one attached hydrogen (secondary N) is 1. The average Bonchev–Trinajstić information content (AvgIpc) is 2.60. The zero-order chi connectivity index (χ0) is 17.8. The number of rotatable bonds is 4. The molecule has 0 saturated heterocycles. The summed E-state index contributed by atoms with van der Waals surface area (Å²) in [5.74, 6) is -0.386. The highest BCUT2D eigenvalue weighted by molar-refractivity contribution is 6.02. The van der Waals surface area contributed by atoms with E-state index < -0.39 is 10.5 Å². The second-order valence-electron chi connectivity index (χ2n) is 5.18. The summed E-state index contributed by atoms with van der Waals surface area (Å²) in [7, 11) is 0. The van der Waals surface area contributed by atoms with Crippen molar-refractivity contribution in [3.8, 4) is 0 Å². The molecule has 0 unspecified atom stereocenters.